The summed E-state index contributed by atoms with van der Waals surface area (Å²) in [7, 11) is 0. The molecule has 0 atom stereocenters. The lowest BCUT2D eigenvalue weighted by Gasteiger charge is -2.05. The lowest BCUT2D eigenvalue weighted by Crippen LogP contribution is -1.98. The molecule has 0 bridgehead atoms. The molecule has 0 spiro atoms. The van der Waals surface area contributed by atoms with E-state index in [1.165, 1.54) is 6.07 Å². The van der Waals surface area contributed by atoms with Gasteiger partial charge in [-0.3, -0.25) is 0 Å². The van der Waals surface area contributed by atoms with Crippen LogP contribution in [0, 0.1) is 5.82 Å². The first-order valence-corrected chi connectivity index (χ1v) is 5.56. The van der Waals surface area contributed by atoms with Crippen molar-refractivity contribution < 1.29 is 9.13 Å². The Hall–Kier alpha value is -1.45. The van der Waals surface area contributed by atoms with Gasteiger partial charge in [-0.1, -0.05) is 35.9 Å². The molecule has 1 aromatic carbocycles. The summed E-state index contributed by atoms with van der Waals surface area (Å²) in [5.74, 6) is -0.258. The quantitative estimate of drug-likeness (QED) is 0.775. The van der Waals surface area contributed by atoms with Crippen LogP contribution in [0.25, 0.3) is 0 Å². The molecule has 1 aromatic heterocycles. The standard InChI is InChI=1S/C13H11ClFNO/c14-13-7-3-5-11(16-13)9-17-8-10-4-1-2-6-12(10)15/h1-7H,8-9H2. The maximum Gasteiger partial charge on any atom is 0.129 e. The molecule has 0 aliphatic heterocycles. The topological polar surface area (TPSA) is 22.1 Å². The molecule has 2 aromatic rings. The van der Waals surface area contributed by atoms with E-state index in [0.29, 0.717) is 17.3 Å². The van der Waals surface area contributed by atoms with Crippen molar-refractivity contribution in [3.8, 4) is 0 Å². The van der Waals surface area contributed by atoms with E-state index in [0.717, 1.165) is 5.69 Å². The van der Waals surface area contributed by atoms with Gasteiger partial charge in [0.1, 0.15) is 11.0 Å². The Balaban J connectivity index is 1.90. The number of pyridine rings is 1. The monoisotopic (exact) mass is 251 g/mol. The summed E-state index contributed by atoms with van der Waals surface area (Å²) in [6, 6.07) is 11.8. The van der Waals surface area contributed by atoms with Crippen molar-refractivity contribution in [2.45, 2.75) is 13.2 Å². The van der Waals surface area contributed by atoms with E-state index in [1.54, 1.807) is 30.3 Å². The number of ether oxygens (including phenoxy) is 1. The molecule has 0 saturated carbocycles. The minimum absolute atomic E-state index is 0.223. The predicted molar refractivity (Wildman–Crippen MR) is 64.1 cm³/mol. The van der Waals surface area contributed by atoms with Gasteiger partial charge in [0.05, 0.1) is 18.9 Å². The second-order valence-electron chi connectivity index (χ2n) is 3.54. The molecule has 0 aliphatic carbocycles. The molecule has 17 heavy (non-hydrogen) atoms. The van der Waals surface area contributed by atoms with E-state index >= 15 is 0 Å². The molecular formula is C13H11ClFNO. The first kappa shape index (κ1) is 12.0. The number of aromatic nitrogens is 1. The molecular weight excluding hydrogens is 241 g/mol. The van der Waals surface area contributed by atoms with Gasteiger partial charge in [0.15, 0.2) is 0 Å². The molecule has 0 aliphatic rings. The maximum atomic E-state index is 13.3. The average Bonchev–Trinajstić information content (AvgIpc) is 2.32. The van der Waals surface area contributed by atoms with Crippen LogP contribution in [0.4, 0.5) is 4.39 Å². The van der Waals surface area contributed by atoms with Crippen LogP contribution < -0.4 is 0 Å². The van der Waals surface area contributed by atoms with E-state index in [2.05, 4.69) is 4.98 Å². The molecule has 88 valence electrons. The minimum atomic E-state index is -0.258. The van der Waals surface area contributed by atoms with Crippen LogP contribution in [-0.4, -0.2) is 4.98 Å². The Labute approximate surface area is 104 Å². The van der Waals surface area contributed by atoms with Crippen molar-refractivity contribution in [1.29, 1.82) is 0 Å². The van der Waals surface area contributed by atoms with Gasteiger partial charge in [-0.05, 0) is 18.2 Å². The fourth-order valence-corrected chi connectivity index (χ4v) is 1.59. The number of nitrogens with zero attached hydrogens (tertiary/aromatic N) is 1. The van der Waals surface area contributed by atoms with Crippen molar-refractivity contribution >= 4 is 11.6 Å². The minimum Gasteiger partial charge on any atom is -0.370 e. The van der Waals surface area contributed by atoms with E-state index in [4.69, 9.17) is 16.3 Å². The second-order valence-corrected chi connectivity index (χ2v) is 3.92. The number of rotatable bonds is 4. The maximum absolute atomic E-state index is 13.3. The average molecular weight is 252 g/mol. The summed E-state index contributed by atoms with van der Waals surface area (Å²) >= 11 is 5.74. The van der Waals surface area contributed by atoms with Crippen LogP contribution in [0.1, 0.15) is 11.3 Å². The van der Waals surface area contributed by atoms with Crippen LogP contribution >= 0.6 is 11.6 Å². The highest BCUT2D eigenvalue weighted by atomic mass is 35.5. The van der Waals surface area contributed by atoms with Crippen molar-refractivity contribution in [2.24, 2.45) is 0 Å². The Morgan fingerprint density at radius 2 is 1.88 bits per heavy atom. The van der Waals surface area contributed by atoms with Crippen LogP contribution in [0.5, 0.6) is 0 Å². The van der Waals surface area contributed by atoms with Gasteiger partial charge in [0.25, 0.3) is 0 Å². The van der Waals surface area contributed by atoms with E-state index in [-0.39, 0.29) is 12.4 Å². The smallest absolute Gasteiger partial charge is 0.129 e. The second kappa shape index (κ2) is 5.75. The molecule has 0 fully saturated rings. The molecule has 2 nitrogen and oxygen atoms in total. The first-order chi connectivity index (χ1) is 8.25. The molecule has 4 heteroatoms. The number of halogens is 2. The Morgan fingerprint density at radius 3 is 2.65 bits per heavy atom. The molecule has 0 radical (unpaired) electrons. The number of hydrogen-bond acceptors (Lipinski definition) is 2. The molecule has 0 amide bonds. The van der Waals surface area contributed by atoms with Gasteiger partial charge < -0.3 is 4.74 Å². The summed E-state index contributed by atoms with van der Waals surface area (Å²) in [5.41, 5.74) is 1.27. The summed E-state index contributed by atoms with van der Waals surface area (Å²) in [5, 5.41) is 0.428. The summed E-state index contributed by atoms with van der Waals surface area (Å²) in [6.45, 7) is 0.537. The van der Waals surface area contributed by atoms with Crippen molar-refractivity contribution in [3.63, 3.8) is 0 Å². The lowest BCUT2D eigenvalue weighted by atomic mass is 10.2. The SMILES string of the molecule is Fc1ccccc1COCc1cccc(Cl)n1. The molecule has 0 unspecified atom stereocenters. The highest BCUT2D eigenvalue weighted by molar-refractivity contribution is 6.29. The number of benzene rings is 1. The third-order valence-corrected chi connectivity index (χ3v) is 2.45. The summed E-state index contributed by atoms with van der Waals surface area (Å²) in [6.07, 6.45) is 0. The van der Waals surface area contributed by atoms with Crippen LogP contribution in [0.3, 0.4) is 0 Å². The van der Waals surface area contributed by atoms with E-state index in [1.807, 2.05) is 6.07 Å². The summed E-state index contributed by atoms with van der Waals surface area (Å²) < 4.78 is 18.6. The van der Waals surface area contributed by atoms with Crippen LogP contribution in [0.15, 0.2) is 42.5 Å². The number of hydrogen-bond donors (Lipinski definition) is 0. The van der Waals surface area contributed by atoms with Gasteiger partial charge in [-0.15, -0.1) is 0 Å². The first-order valence-electron chi connectivity index (χ1n) is 5.18. The van der Waals surface area contributed by atoms with Crippen molar-refractivity contribution in [1.82, 2.24) is 4.98 Å². The van der Waals surface area contributed by atoms with E-state index < -0.39 is 0 Å². The Morgan fingerprint density at radius 1 is 1.06 bits per heavy atom. The highest BCUT2D eigenvalue weighted by Gasteiger charge is 2.01. The third-order valence-electron chi connectivity index (χ3n) is 2.24. The molecule has 1 heterocycles. The summed E-state index contributed by atoms with van der Waals surface area (Å²) in [4.78, 5) is 4.07. The molecule has 2 rings (SSSR count). The zero-order valence-corrected chi connectivity index (χ0v) is 9.82. The zero-order valence-electron chi connectivity index (χ0n) is 9.07. The lowest BCUT2D eigenvalue weighted by molar-refractivity contribution is 0.102. The fourth-order valence-electron chi connectivity index (χ4n) is 1.41. The van der Waals surface area contributed by atoms with Gasteiger partial charge in [0, 0.05) is 5.56 Å². The Bertz CT molecular complexity index is 504. The van der Waals surface area contributed by atoms with Gasteiger partial charge in [0.2, 0.25) is 0 Å². The van der Waals surface area contributed by atoms with Gasteiger partial charge >= 0.3 is 0 Å². The van der Waals surface area contributed by atoms with Crippen molar-refractivity contribution in [2.75, 3.05) is 0 Å². The normalized spacial score (nSPS) is 10.5. The largest absolute Gasteiger partial charge is 0.370 e. The predicted octanol–water partition coefficient (Wildman–Crippen LogP) is 3.59. The van der Waals surface area contributed by atoms with E-state index in [9.17, 15) is 4.39 Å². The van der Waals surface area contributed by atoms with Crippen molar-refractivity contribution in [3.05, 3.63) is 64.7 Å². The van der Waals surface area contributed by atoms with Gasteiger partial charge in [-0.25, -0.2) is 9.37 Å². The zero-order chi connectivity index (χ0) is 12.1. The highest BCUT2D eigenvalue weighted by Crippen LogP contribution is 2.10. The van der Waals surface area contributed by atoms with Gasteiger partial charge in [-0.2, -0.15) is 0 Å². The Kier molecular flexibility index (Phi) is 4.07. The third kappa shape index (κ3) is 3.51. The molecule has 0 saturated heterocycles. The molecule has 0 N–H and O–H groups in total. The van der Waals surface area contributed by atoms with Crippen LogP contribution in [0.2, 0.25) is 5.15 Å². The fraction of sp³-hybridized carbons (Fsp3) is 0.154. The van der Waals surface area contributed by atoms with Crippen LogP contribution in [-0.2, 0) is 18.0 Å².